The Bertz CT molecular complexity index is 882. The van der Waals surface area contributed by atoms with E-state index in [0.29, 0.717) is 31.8 Å². The van der Waals surface area contributed by atoms with E-state index in [0.717, 1.165) is 70.4 Å². The molecule has 0 bridgehead atoms. The van der Waals surface area contributed by atoms with E-state index in [1.165, 1.54) is 11.1 Å². The Morgan fingerprint density at radius 2 is 1.73 bits per heavy atom. The van der Waals surface area contributed by atoms with Crippen LogP contribution < -0.4 is 4.90 Å². The van der Waals surface area contributed by atoms with Gasteiger partial charge in [-0.1, -0.05) is 17.7 Å². The normalized spacial score (nSPS) is 24.4. The van der Waals surface area contributed by atoms with Gasteiger partial charge in [-0.15, -0.1) is 0 Å². The standard InChI is InChI=1S/C26H37N3O4/c1-3-33-25(31)28-14-6-20(7-15-28)27-12-8-21(9-13-27)29-23-5-4-19(2)18-22(23)26(24(29)30)10-16-32-17-11-26/h4-5,18,20-21H,3,6-17H2,1-2H3. The highest BCUT2D eigenvalue weighted by Crippen LogP contribution is 2.49. The summed E-state index contributed by atoms with van der Waals surface area (Å²) in [6.45, 7) is 9.28. The lowest BCUT2D eigenvalue weighted by Crippen LogP contribution is -2.54. The average Bonchev–Trinajstić information content (AvgIpc) is 3.07. The predicted octanol–water partition coefficient (Wildman–Crippen LogP) is 3.48. The molecule has 3 saturated heterocycles. The van der Waals surface area contributed by atoms with Crippen LogP contribution in [0.3, 0.4) is 0 Å². The zero-order valence-electron chi connectivity index (χ0n) is 20.1. The molecule has 1 aromatic rings. The summed E-state index contributed by atoms with van der Waals surface area (Å²) in [5.74, 6) is 0.299. The van der Waals surface area contributed by atoms with E-state index in [1.807, 2.05) is 11.8 Å². The van der Waals surface area contributed by atoms with E-state index in [-0.39, 0.29) is 12.1 Å². The van der Waals surface area contributed by atoms with E-state index < -0.39 is 5.41 Å². The highest BCUT2D eigenvalue weighted by molar-refractivity contribution is 6.08. The van der Waals surface area contributed by atoms with E-state index in [4.69, 9.17) is 9.47 Å². The van der Waals surface area contributed by atoms with Gasteiger partial charge in [-0.2, -0.15) is 0 Å². The van der Waals surface area contributed by atoms with Gasteiger partial charge in [0, 0.05) is 57.2 Å². The van der Waals surface area contributed by atoms with Crippen molar-refractivity contribution < 1.29 is 19.1 Å². The van der Waals surface area contributed by atoms with Crippen molar-refractivity contribution in [2.45, 2.75) is 69.9 Å². The molecule has 4 aliphatic heterocycles. The highest BCUT2D eigenvalue weighted by atomic mass is 16.6. The molecule has 7 nitrogen and oxygen atoms in total. The first-order valence-electron chi connectivity index (χ1n) is 12.7. The fourth-order valence-electron chi connectivity index (χ4n) is 6.40. The molecule has 180 valence electrons. The second-order valence-corrected chi connectivity index (χ2v) is 10.1. The molecule has 4 aliphatic rings. The van der Waals surface area contributed by atoms with Crippen molar-refractivity contribution in [2.24, 2.45) is 0 Å². The molecule has 7 heteroatoms. The summed E-state index contributed by atoms with van der Waals surface area (Å²) in [5.41, 5.74) is 3.19. The molecule has 33 heavy (non-hydrogen) atoms. The van der Waals surface area contributed by atoms with E-state index in [2.05, 4.69) is 34.9 Å². The smallest absolute Gasteiger partial charge is 0.409 e. The first-order chi connectivity index (χ1) is 16.0. The molecular weight excluding hydrogens is 418 g/mol. The molecule has 1 aromatic carbocycles. The number of benzene rings is 1. The van der Waals surface area contributed by atoms with Crippen LogP contribution in [0.1, 0.15) is 56.6 Å². The summed E-state index contributed by atoms with van der Waals surface area (Å²) in [6.07, 6.45) is 5.40. The Balaban J connectivity index is 1.24. The highest BCUT2D eigenvalue weighted by Gasteiger charge is 2.53. The molecule has 0 unspecified atom stereocenters. The number of nitrogens with zero attached hydrogens (tertiary/aromatic N) is 3. The minimum absolute atomic E-state index is 0.182. The maximum atomic E-state index is 13.9. The molecule has 4 heterocycles. The minimum Gasteiger partial charge on any atom is -0.450 e. The van der Waals surface area contributed by atoms with Crippen LogP contribution in [0, 0.1) is 6.92 Å². The van der Waals surface area contributed by atoms with Gasteiger partial charge < -0.3 is 24.2 Å². The van der Waals surface area contributed by atoms with E-state index in [9.17, 15) is 9.59 Å². The Labute approximate surface area is 197 Å². The molecule has 0 aromatic heterocycles. The first kappa shape index (κ1) is 22.7. The van der Waals surface area contributed by atoms with Gasteiger partial charge in [0.05, 0.1) is 12.0 Å². The van der Waals surface area contributed by atoms with Gasteiger partial charge in [0.1, 0.15) is 0 Å². The monoisotopic (exact) mass is 455 g/mol. The topological polar surface area (TPSA) is 62.3 Å². The number of ether oxygens (including phenoxy) is 2. The van der Waals surface area contributed by atoms with Gasteiger partial charge >= 0.3 is 6.09 Å². The molecular formula is C26H37N3O4. The number of aryl methyl sites for hydroxylation is 1. The number of rotatable bonds is 3. The minimum atomic E-state index is -0.392. The molecule has 5 rings (SSSR count). The van der Waals surface area contributed by atoms with Crippen LogP contribution in [0.5, 0.6) is 0 Å². The van der Waals surface area contributed by atoms with Crippen LogP contribution >= 0.6 is 0 Å². The second kappa shape index (κ2) is 9.26. The largest absolute Gasteiger partial charge is 0.450 e. The molecule has 1 spiro atoms. The number of fused-ring (bicyclic) bond motifs is 2. The fourth-order valence-corrected chi connectivity index (χ4v) is 6.40. The Kier molecular flexibility index (Phi) is 6.36. The molecule has 2 amide bonds. The van der Waals surface area contributed by atoms with Crippen molar-refractivity contribution in [1.29, 1.82) is 0 Å². The van der Waals surface area contributed by atoms with Crippen LogP contribution in [0.25, 0.3) is 0 Å². The lowest BCUT2D eigenvalue weighted by atomic mass is 9.75. The Hall–Kier alpha value is -2.12. The zero-order chi connectivity index (χ0) is 23.0. The number of hydrogen-bond donors (Lipinski definition) is 0. The fraction of sp³-hybridized carbons (Fsp3) is 0.692. The molecule has 0 aliphatic carbocycles. The van der Waals surface area contributed by atoms with Crippen molar-refractivity contribution in [1.82, 2.24) is 9.80 Å². The maximum absolute atomic E-state index is 13.9. The molecule has 0 radical (unpaired) electrons. The van der Waals surface area contributed by atoms with Crippen LogP contribution in [0.2, 0.25) is 0 Å². The molecule has 3 fully saturated rings. The van der Waals surface area contributed by atoms with Crippen LogP contribution in [0.4, 0.5) is 10.5 Å². The van der Waals surface area contributed by atoms with Crippen molar-refractivity contribution in [3.8, 4) is 0 Å². The number of hydrogen-bond acceptors (Lipinski definition) is 5. The van der Waals surface area contributed by atoms with Gasteiger partial charge in [0.25, 0.3) is 0 Å². The number of amides is 2. The van der Waals surface area contributed by atoms with Crippen molar-refractivity contribution in [2.75, 3.05) is 50.9 Å². The van der Waals surface area contributed by atoms with Crippen molar-refractivity contribution in [3.63, 3.8) is 0 Å². The van der Waals surface area contributed by atoms with Crippen LogP contribution in [-0.2, 0) is 19.7 Å². The second-order valence-electron chi connectivity index (χ2n) is 10.1. The summed E-state index contributed by atoms with van der Waals surface area (Å²) in [7, 11) is 0. The third kappa shape index (κ3) is 4.03. The quantitative estimate of drug-likeness (QED) is 0.698. The average molecular weight is 456 g/mol. The van der Waals surface area contributed by atoms with E-state index in [1.54, 1.807) is 0 Å². The molecule has 0 atom stereocenters. The maximum Gasteiger partial charge on any atom is 0.409 e. The third-order valence-corrected chi connectivity index (χ3v) is 8.27. The van der Waals surface area contributed by atoms with Gasteiger partial charge in [-0.05, 0) is 64.0 Å². The molecule has 0 saturated carbocycles. The number of carbonyl (C=O) groups is 2. The Morgan fingerprint density at radius 1 is 1.06 bits per heavy atom. The Morgan fingerprint density at radius 3 is 2.39 bits per heavy atom. The molecule has 0 N–H and O–H groups in total. The third-order valence-electron chi connectivity index (χ3n) is 8.27. The summed E-state index contributed by atoms with van der Waals surface area (Å²) in [6, 6.07) is 7.33. The lowest BCUT2D eigenvalue weighted by Gasteiger charge is -2.43. The van der Waals surface area contributed by atoms with Gasteiger partial charge in [0.2, 0.25) is 5.91 Å². The summed E-state index contributed by atoms with van der Waals surface area (Å²) >= 11 is 0. The SMILES string of the molecule is CCOC(=O)N1CCC(N2CCC(N3C(=O)C4(CCOCC4)c4cc(C)ccc43)CC2)CC1. The summed E-state index contributed by atoms with van der Waals surface area (Å²) in [5, 5.41) is 0. The number of carbonyl (C=O) groups excluding carboxylic acids is 2. The van der Waals surface area contributed by atoms with Gasteiger partial charge in [-0.3, -0.25) is 4.79 Å². The van der Waals surface area contributed by atoms with Crippen molar-refractivity contribution >= 4 is 17.7 Å². The zero-order valence-corrected chi connectivity index (χ0v) is 20.1. The van der Waals surface area contributed by atoms with Crippen LogP contribution in [-0.4, -0.2) is 79.9 Å². The van der Waals surface area contributed by atoms with Gasteiger partial charge in [0.15, 0.2) is 0 Å². The lowest BCUT2D eigenvalue weighted by molar-refractivity contribution is -0.127. The van der Waals surface area contributed by atoms with Gasteiger partial charge in [-0.25, -0.2) is 4.79 Å². The van der Waals surface area contributed by atoms with Crippen LogP contribution in [0.15, 0.2) is 18.2 Å². The van der Waals surface area contributed by atoms with E-state index >= 15 is 0 Å². The summed E-state index contributed by atoms with van der Waals surface area (Å²) in [4.78, 5) is 32.5. The number of piperidine rings is 2. The number of likely N-dealkylation sites (tertiary alicyclic amines) is 2. The first-order valence-corrected chi connectivity index (χ1v) is 12.7. The van der Waals surface area contributed by atoms with Crippen molar-refractivity contribution in [3.05, 3.63) is 29.3 Å². The summed E-state index contributed by atoms with van der Waals surface area (Å²) < 4.78 is 10.8. The number of anilines is 1. The predicted molar refractivity (Wildman–Crippen MR) is 127 cm³/mol.